The number of hydrogen-bond donors (Lipinski definition) is 1. The quantitative estimate of drug-likeness (QED) is 0.928. The van der Waals surface area contributed by atoms with E-state index in [4.69, 9.17) is 11.6 Å². The molecular formula is C16H29ClN4. The largest absolute Gasteiger partial charge is 0.309 e. The van der Waals surface area contributed by atoms with Crippen LogP contribution in [0.15, 0.2) is 0 Å². The Bertz CT molecular complexity index is 493. The van der Waals surface area contributed by atoms with Gasteiger partial charge in [-0.2, -0.15) is 5.10 Å². The molecule has 0 amide bonds. The number of aromatic nitrogens is 2. The van der Waals surface area contributed by atoms with E-state index in [0.717, 1.165) is 42.5 Å². The summed E-state index contributed by atoms with van der Waals surface area (Å²) >= 11 is 6.52. The Kier molecular flexibility index (Phi) is 5.01. The van der Waals surface area contributed by atoms with Gasteiger partial charge in [0.2, 0.25) is 0 Å². The highest BCUT2D eigenvalue weighted by Crippen LogP contribution is 2.27. The molecule has 1 N–H and O–H groups in total. The first-order valence-electron chi connectivity index (χ1n) is 7.94. The molecule has 0 radical (unpaired) electrons. The summed E-state index contributed by atoms with van der Waals surface area (Å²) in [5.41, 5.74) is 2.28. The number of nitrogens with zero attached hydrogens (tertiary/aromatic N) is 3. The molecule has 0 aliphatic carbocycles. The summed E-state index contributed by atoms with van der Waals surface area (Å²) in [6.07, 6.45) is 0.882. The van der Waals surface area contributed by atoms with Crippen molar-refractivity contribution < 1.29 is 0 Å². The lowest BCUT2D eigenvalue weighted by Gasteiger charge is -2.46. The van der Waals surface area contributed by atoms with E-state index in [9.17, 15) is 0 Å². The minimum absolute atomic E-state index is 0.143. The Hall–Kier alpha value is -0.580. The fourth-order valence-electron chi connectivity index (χ4n) is 3.21. The molecule has 2 rings (SSSR count). The van der Waals surface area contributed by atoms with Gasteiger partial charge in [0.15, 0.2) is 0 Å². The van der Waals surface area contributed by atoms with Gasteiger partial charge in [-0.1, -0.05) is 32.4 Å². The minimum Gasteiger partial charge on any atom is -0.309 e. The average Bonchev–Trinajstić information content (AvgIpc) is 2.65. The Labute approximate surface area is 133 Å². The topological polar surface area (TPSA) is 33.1 Å². The lowest BCUT2D eigenvalue weighted by atomic mass is 9.93. The van der Waals surface area contributed by atoms with Crippen molar-refractivity contribution in [2.75, 3.05) is 13.1 Å². The summed E-state index contributed by atoms with van der Waals surface area (Å²) in [5.74, 6) is 0.617. The molecule has 1 saturated heterocycles. The maximum atomic E-state index is 6.52. The van der Waals surface area contributed by atoms with Gasteiger partial charge in [0.05, 0.1) is 16.4 Å². The molecule has 1 fully saturated rings. The maximum absolute atomic E-state index is 6.52. The van der Waals surface area contributed by atoms with Gasteiger partial charge in [-0.05, 0) is 26.2 Å². The Balaban J connectivity index is 2.24. The summed E-state index contributed by atoms with van der Waals surface area (Å²) in [6.45, 7) is 14.1. The highest BCUT2D eigenvalue weighted by atomic mass is 35.5. The van der Waals surface area contributed by atoms with Crippen LogP contribution >= 0.6 is 11.6 Å². The van der Waals surface area contributed by atoms with Crippen LogP contribution < -0.4 is 5.32 Å². The summed E-state index contributed by atoms with van der Waals surface area (Å²) in [7, 11) is 2.00. The second-order valence-electron chi connectivity index (χ2n) is 7.17. The third kappa shape index (κ3) is 3.61. The first-order chi connectivity index (χ1) is 9.75. The maximum Gasteiger partial charge on any atom is 0.0863 e. The zero-order chi connectivity index (χ0) is 15.8. The fourth-order valence-corrected chi connectivity index (χ4v) is 3.56. The molecule has 2 heterocycles. The van der Waals surface area contributed by atoms with Crippen molar-refractivity contribution in [2.24, 2.45) is 13.0 Å². The van der Waals surface area contributed by atoms with Gasteiger partial charge in [-0.15, -0.1) is 0 Å². The zero-order valence-electron chi connectivity index (χ0n) is 14.2. The van der Waals surface area contributed by atoms with E-state index in [1.165, 1.54) is 0 Å². The van der Waals surface area contributed by atoms with Gasteiger partial charge < -0.3 is 5.32 Å². The van der Waals surface area contributed by atoms with E-state index < -0.39 is 0 Å². The summed E-state index contributed by atoms with van der Waals surface area (Å²) in [5, 5.41) is 9.04. The van der Waals surface area contributed by atoms with Gasteiger partial charge in [0, 0.05) is 38.3 Å². The van der Waals surface area contributed by atoms with Gasteiger partial charge in [0.25, 0.3) is 0 Å². The molecule has 1 unspecified atom stereocenters. The molecule has 5 heteroatoms. The first-order valence-corrected chi connectivity index (χ1v) is 8.32. The number of hydrogen-bond acceptors (Lipinski definition) is 3. The van der Waals surface area contributed by atoms with Crippen LogP contribution in [-0.2, 0) is 20.0 Å². The van der Waals surface area contributed by atoms with Crippen LogP contribution in [0.25, 0.3) is 0 Å². The lowest BCUT2D eigenvalue weighted by molar-refractivity contribution is 0.0607. The molecule has 21 heavy (non-hydrogen) atoms. The van der Waals surface area contributed by atoms with Gasteiger partial charge >= 0.3 is 0 Å². The van der Waals surface area contributed by atoms with Gasteiger partial charge in [-0.3, -0.25) is 9.58 Å². The fraction of sp³-hybridized carbons (Fsp3) is 0.812. The number of nitrogens with one attached hydrogen (secondary N) is 1. The molecular weight excluding hydrogens is 284 g/mol. The molecule has 1 aromatic heterocycles. The van der Waals surface area contributed by atoms with E-state index in [2.05, 4.69) is 49.9 Å². The minimum atomic E-state index is 0.143. The average molecular weight is 313 g/mol. The molecule has 120 valence electrons. The SMILES string of the molecule is CCc1nn(C)c(CN2CC(C)(C)NCC2C(C)C)c1Cl. The van der Waals surface area contributed by atoms with Crippen molar-refractivity contribution in [3.63, 3.8) is 0 Å². The second-order valence-corrected chi connectivity index (χ2v) is 7.54. The Morgan fingerprint density at radius 1 is 1.43 bits per heavy atom. The van der Waals surface area contributed by atoms with Crippen molar-refractivity contribution in [2.45, 2.75) is 59.2 Å². The normalized spacial score (nSPS) is 23.0. The van der Waals surface area contributed by atoms with Crippen molar-refractivity contribution >= 4 is 11.6 Å². The van der Waals surface area contributed by atoms with E-state index in [-0.39, 0.29) is 5.54 Å². The molecule has 1 aliphatic heterocycles. The molecule has 1 atom stereocenters. The van der Waals surface area contributed by atoms with Crippen LogP contribution in [0.1, 0.15) is 46.0 Å². The smallest absolute Gasteiger partial charge is 0.0863 e. The van der Waals surface area contributed by atoms with Crippen LogP contribution in [0.5, 0.6) is 0 Å². The summed E-state index contributed by atoms with van der Waals surface area (Å²) in [6, 6.07) is 0.536. The first kappa shape index (κ1) is 16.8. The van der Waals surface area contributed by atoms with Gasteiger partial charge in [0.1, 0.15) is 0 Å². The molecule has 1 aromatic rings. The van der Waals surface area contributed by atoms with Crippen LogP contribution in [0, 0.1) is 5.92 Å². The third-order valence-corrected chi connectivity index (χ3v) is 4.92. The molecule has 4 nitrogen and oxygen atoms in total. The van der Waals surface area contributed by atoms with E-state index in [1.54, 1.807) is 0 Å². The number of piperazine rings is 1. The number of halogens is 1. The Morgan fingerprint density at radius 3 is 2.62 bits per heavy atom. The van der Waals surface area contributed by atoms with Crippen LogP contribution in [0.4, 0.5) is 0 Å². The van der Waals surface area contributed by atoms with Crippen molar-refractivity contribution in [3.05, 3.63) is 16.4 Å². The highest BCUT2D eigenvalue weighted by Gasteiger charge is 2.34. The lowest BCUT2D eigenvalue weighted by Crippen LogP contribution is -2.62. The van der Waals surface area contributed by atoms with Crippen LogP contribution in [0.2, 0.25) is 5.02 Å². The highest BCUT2D eigenvalue weighted by molar-refractivity contribution is 6.31. The number of rotatable bonds is 4. The van der Waals surface area contributed by atoms with E-state index in [0.29, 0.717) is 12.0 Å². The van der Waals surface area contributed by atoms with Crippen molar-refractivity contribution in [1.29, 1.82) is 0 Å². The number of aryl methyl sites for hydroxylation is 2. The molecule has 0 aromatic carbocycles. The third-order valence-electron chi connectivity index (χ3n) is 4.48. The van der Waals surface area contributed by atoms with E-state index in [1.807, 2.05) is 11.7 Å². The summed E-state index contributed by atoms with van der Waals surface area (Å²) in [4.78, 5) is 2.56. The molecule has 0 saturated carbocycles. The monoisotopic (exact) mass is 312 g/mol. The second kappa shape index (κ2) is 6.27. The molecule has 0 bridgehead atoms. The van der Waals surface area contributed by atoms with Crippen LogP contribution in [-0.4, -0.2) is 39.4 Å². The van der Waals surface area contributed by atoms with E-state index >= 15 is 0 Å². The predicted molar refractivity (Wildman–Crippen MR) is 88.7 cm³/mol. The van der Waals surface area contributed by atoms with Crippen molar-refractivity contribution in [3.8, 4) is 0 Å². The molecule has 1 aliphatic rings. The standard InChI is InChI=1S/C16H29ClN4/c1-7-12-15(17)14(20(6)19-12)9-21-10-16(4,5)18-8-13(21)11(2)3/h11,13,18H,7-10H2,1-6H3. The molecule has 0 spiro atoms. The van der Waals surface area contributed by atoms with Gasteiger partial charge in [-0.25, -0.2) is 0 Å². The Morgan fingerprint density at radius 2 is 2.10 bits per heavy atom. The van der Waals surface area contributed by atoms with Crippen LogP contribution in [0.3, 0.4) is 0 Å². The zero-order valence-corrected chi connectivity index (χ0v) is 15.0. The predicted octanol–water partition coefficient (Wildman–Crippen LogP) is 2.84. The van der Waals surface area contributed by atoms with Crippen molar-refractivity contribution in [1.82, 2.24) is 20.0 Å². The summed E-state index contributed by atoms with van der Waals surface area (Å²) < 4.78 is 1.95.